The Morgan fingerprint density at radius 2 is 2.12 bits per heavy atom. The number of hydrogen-bond acceptors (Lipinski definition) is 1. The van der Waals surface area contributed by atoms with Crippen LogP contribution < -0.4 is 4.74 Å². The van der Waals surface area contributed by atoms with Crippen LogP contribution in [-0.2, 0) is 10.9 Å². The van der Waals surface area contributed by atoms with Crippen molar-refractivity contribution in [2.75, 3.05) is 18.1 Å². The van der Waals surface area contributed by atoms with Crippen molar-refractivity contribution in [1.82, 2.24) is 0 Å². The van der Waals surface area contributed by atoms with Crippen LogP contribution in [0.5, 0.6) is 5.75 Å². The van der Waals surface area contributed by atoms with E-state index in [1.54, 1.807) is 6.08 Å². The molecule has 0 radical (unpaired) electrons. The minimum Gasteiger partial charge on any atom is -0.489 e. The van der Waals surface area contributed by atoms with Gasteiger partial charge >= 0.3 is 0 Å². The fourth-order valence-corrected chi connectivity index (χ4v) is 4.39. The SMILES string of the molecule is C=CCOc1ccc([S+]2CCCC2)cc1C. The summed E-state index contributed by atoms with van der Waals surface area (Å²) >= 11 is 0. The predicted molar refractivity (Wildman–Crippen MR) is 71.5 cm³/mol. The van der Waals surface area contributed by atoms with E-state index in [0.717, 1.165) is 5.75 Å². The van der Waals surface area contributed by atoms with E-state index in [-0.39, 0.29) is 0 Å². The predicted octanol–water partition coefficient (Wildman–Crippen LogP) is 3.33. The topological polar surface area (TPSA) is 9.23 Å². The van der Waals surface area contributed by atoms with Gasteiger partial charge < -0.3 is 4.74 Å². The monoisotopic (exact) mass is 235 g/mol. The number of rotatable bonds is 4. The van der Waals surface area contributed by atoms with Crippen molar-refractivity contribution in [3.8, 4) is 5.75 Å². The summed E-state index contributed by atoms with van der Waals surface area (Å²) in [7, 11) is 0.509. The summed E-state index contributed by atoms with van der Waals surface area (Å²) in [4.78, 5) is 1.51. The molecule has 1 aromatic carbocycles. The van der Waals surface area contributed by atoms with E-state index >= 15 is 0 Å². The zero-order chi connectivity index (χ0) is 11.4. The Morgan fingerprint density at radius 1 is 1.38 bits per heavy atom. The van der Waals surface area contributed by atoms with Crippen LogP contribution in [0.15, 0.2) is 35.7 Å². The number of hydrogen-bond donors (Lipinski definition) is 0. The molecular weight excluding hydrogens is 216 g/mol. The van der Waals surface area contributed by atoms with Crippen molar-refractivity contribution in [2.45, 2.75) is 24.7 Å². The third-order valence-electron chi connectivity index (χ3n) is 2.87. The molecule has 0 spiro atoms. The maximum atomic E-state index is 5.59. The lowest BCUT2D eigenvalue weighted by Crippen LogP contribution is -2.04. The third kappa shape index (κ3) is 2.62. The van der Waals surface area contributed by atoms with Gasteiger partial charge in [-0.15, -0.1) is 0 Å². The minimum absolute atomic E-state index is 0.509. The molecule has 1 saturated heterocycles. The van der Waals surface area contributed by atoms with Crippen molar-refractivity contribution in [1.29, 1.82) is 0 Å². The first kappa shape index (κ1) is 11.6. The van der Waals surface area contributed by atoms with E-state index in [1.807, 2.05) is 0 Å². The van der Waals surface area contributed by atoms with Crippen LogP contribution in [0.1, 0.15) is 18.4 Å². The summed E-state index contributed by atoms with van der Waals surface area (Å²) in [5, 5.41) is 0. The Balaban J connectivity index is 2.11. The Morgan fingerprint density at radius 3 is 2.75 bits per heavy atom. The van der Waals surface area contributed by atoms with E-state index in [4.69, 9.17) is 4.74 Å². The molecular formula is C14H19OS+. The molecule has 0 bridgehead atoms. The number of benzene rings is 1. The second-order valence-corrected chi connectivity index (χ2v) is 6.41. The number of aryl methyl sites for hydroxylation is 1. The third-order valence-corrected chi connectivity index (χ3v) is 5.35. The van der Waals surface area contributed by atoms with Gasteiger partial charge in [0.15, 0.2) is 4.90 Å². The quantitative estimate of drug-likeness (QED) is 0.574. The molecule has 1 fully saturated rings. The maximum absolute atomic E-state index is 5.59. The van der Waals surface area contributed by atoms with E-state index in [1.165, 1.54) is 34.8 Å². The Hall–Kier alpha value is -0.890. The van der Waals surface area contributed by atoms with Crippen molar-refractivity contribution in [3.05, 3.63) is 36.4 Å². The van der Waals surface area contributed by atoms with Crippen molar-refractivity contribution >= 4 is 10.9 Å². The summed E-state index contributed by atoms with van der Waals surface area (Å²) in [5.41, 5.74) is 1.25. The van der Waals surface area contributed by atoms with Gasteiger partial charge in [0.25, 0.3) is 0 Å². The van der Waals surface area contributed by atoms with Crippen molar-refractivity contribution < 1.29 is 4.74 Å². The lowest BCUT2D eigenvalue weighted by atomic mass is 10.2. The van der Waals surface area contributed by atoms with Crippen LogP contribution in [0.2, 0.25) is 0 Å². The molecule has 0 N–H and O–H groups in total. The highest BCUT2D eigenvalue weighted by Crippen LogP contribution is 2.27. The lowest BCUT2D eigenvalue weighted by molar-refractivity contribution is 0.360. The Bertz CT molecular complexity index is 367. The van der Waals surface area contributed by atoms with Gasteiger partial charge in [0, 0.05) is 10.9 Å². The molecule has 1 aromatic rings. The summed E-state index contributed by atoms with van der Waals surface area (Å²) < 4.78 is 5.59. The molecule has 2 heteroatoms. The number of ether oxygens (including phenoxy) is 1. The Kier molecular flexibility index (Phi) is 3.94. The van der Waals surface area contributed by atoms with Crippen LogP contribution in [-0.4, -0.2) is 18.1 Å². The van der Waals surface area contributed by atoms with Crippen LogP contribution in [0, 0.1) is 6.92 Å². The fourth-order valence-electron chi connectivity index (χ4n) is 2.00. The van der Waals surface area contributed by atoms with Gasteiger partial charge in [0.05, 0.1) is 0 Å². The Labute approximate surface area is 101 Å². The zero-order valence-electron chi connectivity index (χ0n) is 9.87. The van der Waals surface area contributed by atoms with Gasteiger partial charge in [-0.1, -0.05) is 12.7 Å². The molecule has 0 aromatic heterocycles. The van der Waals surface area contributed by atoms with Gasteiger partial charge in [0.2, 0.25) is 0 Å². The molecule has 0 saturated carbocycles. The second kappa shape index (κ2) is 5.44. The normalized spacial score (nSPS) is 16.3. The molecule has 16 heavy (non-hydrogen) atoms. The molecule has 86 valence electrons. The fraction of sp³-hybridized carbons (Fsp3) is 0.429. The van der Waals surface area contributed by atoms with E-state index in [2.05, 4.69) is 31.7 Å². The van der Waals surface area contributed by atoms with Crippen LogP contribution in [0.4, 0.5) is 0 Å². The summed E-state index contributed by atoms with van der Waals surface area (Å²) in [6.07, 6.45) is 4.58. The van der Waals surface area contributed by atoms with Gasteiger partial charge in [-0.25, -0.2) is 0 Å². The largest absolute Gasteiger partial charge is 0.489 e. The highest BCUT2D eigenvalue weighted by Gasteiger charge is 2.26. The van der Waals surface area contributed by atoms with Crippen molar-refractivity contribution in [3.63, 3.8) is 0 Å². The zero-order valence-corrected chi connectivity index (χ0v) is 10.7. The first-order valence-corrected chi connectivity index (χ1v) is 7.39. The van der Waals surface area contributed by atoms with Gasteiger partial charge in [-0.05, 0) is 43.5 Å². The summed E-state index contributed by atoms with van der Waals surface area (Å²) in [6, 6.07) is 6.65. The second-order valence-electron chi connectivity index (χ2n) is 4.14. The highest BCUT2D eigenvalue weighted by atomic mass is 32.2. The standard InChI is InChI=1S/C14H19OS/c1-3-8-15-14-7-6-13(11-12(14)2)16-9-4-5-10-16/h3,6-7,11H,1,4-5,8-10H2,2H3/q+1. The minimum atomic E-state index is 0.509. The first-order valence-electron chi connectivity index (χ1n) is 5.83. The van der Waals surface area contributed by atoms with Gasteiger partial charge in [-0.3, -0.25) is 0 Å². The van der Waals surface area contributed by atoms with E-state index in [9.17, 15) is 0 Å². The molecule has 0 unspecified atom stereocenters. The molecule has 1 nitrogen and oxygen atoms in total. The summed E-state index contributed by atoms with van der Waals surface area (Å²) in [5.74, 6) is 3.75. The average Bonchev–Trinajstić information content (AvgIpc) is 2.81. The summed E-state index contributed by atoms with van der Waals surface area (Å²) in [6.45, 7) is 6.38. The first-order chi connectivity index (χ1) is 7.81. The lowest BCUT2D eigenvalue weighted by Gasteiger charge is -2.08. The molecule has 2 rings (SSSR count). The van der Waals surface area contributed by atoms with E-state index in [0.29, 0.717) is 17.5 Å². The van der Waals surface area contributed by atoms with Crippen molar-refractivity contribution in [2.24, 2.45) is 0 Å². The van der Waals surface area contributed by atoms with Gasteiger partial charge in [-0.2, -0.15) is 0 Å². The molecule has 0 amide bonds. The van der Waals surface area contributed by atoms with Crippen LogP contribution >= 0.6 is 0 Å². The van der Waals surface area contributed by atoms with Gasteiger partial charge in [0.1, 0.15) is 23.9 Å². The maximum Gasteiger partial charge on any atom is 0.155 e. The van der Waals surface area contributed by atoms with E-state index < -0.39 is 0 Å². The smallest absolute Gasteiger partial charge is 0.155 e. The molecule has 0 aliphatic carbocycles. The van der Waals surface area contributed by atoms with Crippen LogP contribution in [0.25, 0.3) is 0 Å². The molecule has 1 aliphatic heterocycles. The average molecular weight is 235 g/mol. The highest BCUT2D eigenvalue weighted by molar-refractivity contribution is 7.97. The molecule has 1 aliphatic rings. The molecule has 0 atom stereocenters. The molecule has 1 heterocycles. The van der Waals surface area contributed by atoms with Crippen LogP contribution in [0.3, 0.4) is 0 Å².